The summed E-state index contributed by atoms with van der Waals surface area (Å²) in [5.41, 5.74) is 2.76. The highest BCUT2D eigenvalue weighted by Crippen LogP contribution is 2.23. The molecule has 3 rings (SSSR count). The van der Waals surface area contributed by atoms with Crippen LogP contribution in [0, 0.1) is 6.92 Å². The fourth-order valence-electron chi connectivity index (χ4n) is 1.42. The molecule has 5 nitrogen and oxygen atoms in total. The van der Waals surface area contributed by atoms with Gasteiger partial charge in [-0.1, -0.05) is 18.2 Å². The molecule has 0 radical (unpaired) electrons. The monoisotopic (exact) mass is 243 g/mol. The molecule has 1 heterocycles. The maximum atomic E-state index is 8.85. The van der Waals surface area contributed by atoms with E-state index in [9.17, 15) is 0 Å². The lowest BCUT2D eigenvalue weighted by Crippen LogP contribution is -1.70. The Morgan fingerprint density at radius 3 is 2.00 bits per heavy atom. The minimum absolute atomic E-state index is 0.0602. The van der Waals surface area contributed by atoms with Gasteiger partial charge in [-0.3, -0.25) is 0 Å². The summed E-state index contributed by atoms with van der Waals surface area (Å²) in [7, 11) is 0. The second kappa shape index (κ2) is 5.18. The van der Waals surface area contributed by atoms with Crippen molar-refractivity contribution in [3.63, 3.8) is 0 Å². The number of aryl methyl sites for hydroxylation is 1. The number of nitrogens with one attached hydrogen (secondary N) is 1. The number of phenols is 2. The molecule has 0 atom stereocenters. The average Bonchev–Trinajstić information content (AvgIpc) is 2.83. The van der Waals surface area contributed by atoms with E-state index in [4.69, 9.17) is 10.2 Å². The lowest BCUT2D eigenvalue weighted by atomic mass is 10.2. The van der Waals surface area contributed by atoms with Gasteiger partial charge in [-0.2, -0.15) is 15.4 Å². The van der Waals surface area contributed by atoms with Gasteiger partial charge >= 0.3 is 0 Å². The van der Waals surface area contributed by atoms with E-state index in [0.717, 1.165) is 16.6 Å². The lowest BCUT2D eigenvalue weighted by Gasteiger charge is -1.95. The van der Waals surface area contributed by atoms with E-state index in [1.54, 1.807) is 6.07 Å². The van der Waals surface area contributed by atoms with Gasteiger partial charge in [0, 0.05) is 0 Å². The number of rotatable bonds is 0. The zero-order chi connectivity index (χ0) is 13.0. The highest BCUT2D eigenvalue weighted by atomic mass is 16.3. The van der Waals surface area contributed by atoms with Crippen LogP contribution < -0.4 is 0 Å². The van der Waals surface area contributed by atoms with E-state index < -0.39 is 0 Å². The van der Waals surface area contributed by atoms with Crippen molar-refractivity contribution in [2.75, 3.05) is 0 Å². The molecule has 18 heavy (non-hydrogen) atoms. The Bertz CT molecular complexity index is 619. The maximum absolute atomic E-state index is 8.85. The van der Waals surface area contributed by atoms with Crippen molar-refractivity contribution in [2.24, 2.45) is 0 Å². The first-order chi connectivity index (χ1) is 8.66. The number of fused-ring (bicyclic) bond motifs is 1. The number of benzene rings is 2. The molecule has 0 bridgehead atoms. The molecular formula is C13H13N3O2. The van der Waals surface area contributed by atoms with Gasteiger partial charge in [-0.15, -0.1) is 0 Å². The predicted molar refractivity (Wildman–Crippen MR) is 68.4 cm³/mol. The van der Waals surface area contributed by atoms with Gasteiger partial charge in [0.1, 0.15) is 11.0 Å². The minimum Gasteiger partial charge on any atom is -0.504 e. The summed E-state index contributed by atoms with van der Waals surface area (Å²) < 4.78 is 0. The number of para-hydroxylation sites is 2. The molecule has 0 fully saturated rings. The van der Waals surface area contributed by atoms with Crippen molar-refractivity contribution in [2.45, 2.75) is 6.92 Å². The van der Waals surface area contributed by atoms with Crippen LogP contribution in [0.3, 0.4) is 0 Å². The fraction of sp³-hybridized carbons (Fsp3) is 0.0769. The molecule has 0 aliphatic rings. The summed E-state index contributed by atoms with van der Waals surface area (Å²) in [4.78, 5) is 0. The van der Waals surface area contributed by atoms with Crippen LogP contribution in [0.15, 0.2) is 42.5 Å². The molecular weight excluding hydrogens is 230 g/mol. The van der Waals surface area contributed by atoms with Crippen LogP contribution in [0.25, 0.3) is 11.0 Å². The SMILES string of the molecule is Cc1ccc(O)c(O)c1.c1ccc2n[nH]nc2c1. The topological polar surface area (TPSA) is 82.0 Å². The summed E-state index contributed by atoms with van der Waals surface area (Å²) >= 11 is 0. The zero-order valence-corrected chi connectivity index (χ0v) is 9.83. The molecule has 0 aliphatic carbocycles. The Morgan fingerprint density at radius 1 is 0.889 bits per heavy atom. The number of nitrogens with zero attached hydrogens (tertiary/aromatic N) is 2. The number of hydrogen-bond acceptors (Lipinski definition) is 4. The van der Waals surface area contributed by atoms with Crippen molar-refractivity contribution in [1.82, 2.24) is 15.4 Å². The standard InChI is InChI=1S/C7H8O2.C6H5N3/c1-5-2-3-6(8)7(9)4-5;1-2-4-6-5(3-1)7-9-8-6/h2-4,8-9H,1H3;1-4H,(H,7,8,9). The first kappa shape index (κ1) is 11.9. The average molecular weight is 243 g/mol. The number of phenolic OH excluding ortho intramolecular Hbond substituents is 2. The fourth-order valence-corrected chi connectivity index (χ4v) is 1.42. The maximum Gasteiger partial charge on any atom is 0.157 e. The highest BCUT2D eigenvalue weighted by Gasteiger charge is 1.94. The Kier molecular flexibility index (Phi) is 3.43. The van der Waals surface area contributed by atoms with Gasteiger partial charge in [0.2, 0.25) is 0 Å². The third kappa shape index (κ3) is 2.76. The normalized spacial score (nSPS) is 9.83. The van der Waals surface area contributed by atoms with Gasteiger partial charge in [-0.05, 0) is 36.8 Å². The molecule has 0 spiro atoms. The van der Waals surface area contributed by atoms with Crippen molar-refractivity contribution < 1.29 is 10.2 Å². The van der Waals surface area contributed by atoms with Gasteiger partial charge < -0.3 is 10.2 Å². The lowest BCUT2D eigenvalue weighted by molar-refractivity contribution is 0.403. The quantitative estimate of drug-likeness (QED) is 0.529. The summed E-state index contributed by atoms with van der Waals surface area (Å²) in [6.45, 7) is 1.85. The third-order valence-electron chi connectivity index (χ3n) is 2.35. The van der Waals surface area contributed by atoms with Crippen molar-refractivity contribution >= 4 is 11.0 Å². The molecule has 5 heteroatoms. The molecule has 0 saturated heterocycles. The molecule has 3 aromatic rings. The van der Waals surface area contributed by atoms with Gasteiger partial charge in [0.15, 0.2) is 11.5 Å². The smallest absolute Gasteiger partial charge is 0.157 e. The number of aromatic hydroxyl groups is 2. The van der Waals surface area contributed by atoms with Gasteiger partial charge in [0.05, 0.1) is 0 Å². The van der Waals surface area contributed by atoms with Crippen LogP contribution >= 0.6 is 0 Å². The van der Waals surface area contributed by atoms with E-state index in [1.807, 2.05) is 31.2 Å². The van der Waals surface area contributed by atoms with Crippen LogP contribution in [0.2, 0.25) is 0 Å². The van der Waals surface area contributed by atoms with Gasteiger partial charge in [0.25, 0.3) is 0 Å². The van der Waals surface area contributed by atoms with E-state index in [2.05, 4.69) is 15.4 Å². The molecule has 2 aromatic carbocycles. The van der Waals surface area contributed by atoms with Crippen LogP contribution in [0.4, 0.5) is 0 Å². The van der Waals surface area contributed by atoms with Gasteiger partial charge in [-0.25, -0.2) is 0 Å². The molecule has 1 aromatic heterocycles. The number of aromatic amines is 1. The summed E-state index contributed by atoms with van der Waals surface area (Å²) in [5, 5.41) is 27.9. The van der Waals surface area contributed by atoms with E-state index in [-0.39, 0.29) is 11.5 Å². The van der Waals surface area contributed by atoms with Crippen LogP contribution in [-0.4, -0.2) is 25.6 Å². The summed E-state index contributed by atoms with van der Waals surface area (Å²) in [6, 6.07) is 12.4. The Balaban J connectivity index is 0.000000134. The number of H-pyrrole nitrogens is 1. The Hall–Kier alpha value is -2.56. The highest BCUT2D eigenvalue weighted by molar-refractivity contribution is 5.72. The molecule has 92 valence electrons. The predicted octanol–water partition coefficient (Wildman–Crippen LogP) is 2.36. The Labute approximate surface area is 104 Å². The second-order valence-corrected chi connectivity index (χ2v) is 3.80. The first-order valence-corrected chi connectivity index (χ1v) is 5.41. The van der Waals surface area contributed by atoms with Crippen LogP contribution in [0.1, 0.15) is 5.56 Å². The molecule has 0 unspecified atom stereocenters. The summed E-state index contributed by atoms with van der Waals surface area (Å²) in [5.74, 6) is -0.129. The zero-order valence-electron chi connectivity index (χ0n) is 9.83. The molecule has 0 amide bonds. The molecule has 3 N–H and O–H groups in total. The van der Waals surface area contributed by atoms with Crippen LogP contribution in [-0.2, 0) is 0 Å². The summed E-state index contributed by atoms with van der Waals surface area (Å²) in [6.07, 6.45) is 0. The van der Waals surface area contributed by atoms with Crippen molar-refractivity contribution in [3.05, 3.63) is 48.0 Å². The number of aromatic nitrogens is 3. The molecule has 0 aliphatic heterocycles. The first-order valence-electron chi connectivity index (χ1n) is 5.41. The van der Waals surface area contributed by atoms with Crippen molar-refractivity contribution in [3.8, 4) is 11.5 Å². The minimum atomic E-state index is -0.0689. The number of hydrogen-bond donors (Lipinski definition) is 3. The van der Waals surface area contributed by atoms with Crippen LogP contribution in [0.5, 0.6) is 11.5 Å². The van der Waals surface area contributed by atoms with E-state index in [0.29, 0.717) is 0 Å². The second-order valence-electron chi connectivity index (χ2n) is 3.80. The largest absolute Gasteiger partial charge is 0.504 e. The Morgan fingerprint density at radius 2 is 1.50 bits per heavy atom. The van der Waals surface area contributed by atoms with E-state index in [1.165, 1.54) is 12.1 Å². The third-order valence-corrected chi connectivity index (χ3v) is 2.35. The van der Waals surface area contributed by atoms with E-state index >= 15 is 0 Å². The van der Waals surface area contributed by atoms with Crippen molar-refractivity contribution in [1.29, 1.82) is 0 Å². The molecule has 0 saturated carbocycles.